The van der Waals surface area contributed by atoms with Gasteiger partial charge in [0.1, 0.15) is 0 Å². The van der Waals surface area contributed by atoms with Gasteiger partial charge in [-0.05, 0) is 25.9 Å². The Hall–Kier alpha value is -0.330. The van der Waals surface area contributed by atoms with E-state index in [-0.39, 0.29) is 6.42 Å². The summed E-state index contributed by atoms with van der Waals surface area (Å²) in [6.07, 6.45) is -3.86. The third-order valence-electron chi connectivity index (χ3n) is 3.27. The molecule has 0 bridgehead atoms. The van der Waals surface area contributed by atoms with Crippen LogP contribution in [0.5, 0.6) is 0 Å². The highest BCUT2D eigenvalue weighted by molar-refractivity contribution is 5.03. The third-order valence-corrected chi connectivity index (χ3v) is 3.27. The number of halogens is 3. The minimum Gasteiger partial charge on any atom is -0.379 e. The Morgan fingerprint density at radius 1 is 1.20 bits per heavy atom. The van der Waals surface area contributed by atoms with Crippen LogP contribution >= 0.6 is 0 Å². The van der Waals surface area contributed by atoms with Gasteiger partial charge in [-0.2, -0.15) is 13.2 Å². The molecule has 15 heavy (non-hydrogen) atoms. The minimum atomic E-state index is -4.60. The number of hydrogen-bond acceptors (Lipinski definition) is 3. The van der Waals surface area contributed by atoms with Crippen LogP contribution in [0.15, 0.2) is 0 Å². The summed E-state index contributed by atoms with van der Waals surface area (Å²) in [4.78, 5) is 0. The van der Waals surface area contributed by atoms with Gasteiger partial charge in [0.05, 0.1) is 12.2 Å². The van der Waals surface area contributed by atoms with Gasteiger partial charge in [-0.1, -0.05) is 0 Å². The van der Waals surface area contributed by atoms with E-state index in [1.807, 2.05) is 0 Å². The number of ether oxygens (including phenoxy) is 1. The van der Waals surface area contributed by atoms with E-state index in [0.29, 0.717) is 25.9 Å². The maximum absolute atomic E-state index is 12.5. The van der Waals surface area contributed by atoms with Gasteiger partial charge in [0, 0.05) is 6.42 Å². The molecule has 2 heterocycles. The smallest absolute Gasteiger partial charge is 0.379 e. The zero-order valence-corrected chi connectivity index (χ0v) is 8.23. The second kappa shape index (κ2) is 3.33. The third kappa shape index (κ3) is 1.86. The zero-order valence-electron chi connectivity index (χ0n) is 8.23. The van der Waals surface area contributed by atoms with Gasteiger partial charge in [0.25, 0.3) is 0 Å². The van der Waals surface area contributed by atoms with E-state index in [9.17, 15) is 18.3 Å². The Morgan fingerprint density at radius 2 is 1.80 bits per heavy atom. The Balaban J connectivity index is 2.11. The molecule has 88 valence electrons. The van der Waals surface area contributed by atoms with Crippen LogP contribution in [0.1, 0.15) is 19.3 Å². The van der Waals surface area contributed by atoms with Crippen LogP contribution in [0.3, 0.4) is 0 Å². The summed E-state index contributed by atoms with van der Waals surface area (Å²) in [6.45, 7) is 0.665. The van der Waals surface area contributed by atoms with Crippen molar-refractivity contribution >= 4 is 0 Å². The summed E-state index contributed by atoms with van der Waals surface area (Å²) in [5.41, 5.74) is -3.42. The quantitative estimate of drug-likeness (QED) is 0.641. The van der Waals surface area contributed by atoms with E-state index in [4.69, 9.17) is 4.74 Å². The molecular weight excluding hydrogens is 211 g/mol. The normalized spacial score (nSPS) is 36.0. The van der Waals surface area contributed by atoms with Crippen molar-refractivity contribution < 1.29 is 23.0 Å². The predicted molar refractivity (Wildman–Crippen MR) is 46.4 cm³/mol. The Bertz CT molecular complexity index is 250. The first kappa shape index (κ1) is 11.2. The van der Waals surface area contributed by atoms with E-state index >= 15 is 0 Å². The molecule has 0 amide bonds. The van der Waals surface area contributed by atoms with Crippen LogP contribution < -0.4 is 5.32 Å². The number of alkyl halides is 3. The number of piperidine rings is 1. The van der Waals surface area contributed by atoms with Crippen molar-refractivity contribution in [2.75, 3.05) is 19.7 Å². The molecule has 0 aromatic heterocycles. The van der Waals surface area contributed by atoms with Gasteiger partial charge in [0.15, 0.2) is 5.60 Å². The van der Waals surface area contributed by atoms with Crippen molar-refractivity contribution in [2.24, 2.45) is 0 Å². The summed E-state index contributed by atoms with van der Waals surface area (Å²) in [5.74, 6) is 0. The predicted octanol–water partition coefficient (Wildman–Crippen LogP) is 0.822. The van der Waals surface area contributed by atoms with E-state index < -0.39 is 24.0 Å². The number of rotatable bonds is 0. The molecule has 2 N–H and O–H groups in total. The molecule has 2 rings (SSSR count). The largest absolute Gasteiger partial charge is 0.419 e. The molecule has 1 atom stereocenters. The second-order valence-corrected chi connectivity index (χ2v) is 4.43. The van der Waals surface area contributed by atoms with Gasteiger partial charge in [-0.3, -0.25) is 0 Å². The fourth-order valence-electron chi connectivity index (χ4n) is 2.29. The Labute approximate surface area is 85.6 Å². The van der Waals surface area contributed by atoms with Crippen molar-refractivity contribution in [1.82, 2.24) is 5.32 Å². The molecule has 2 saturated heterocycles. The zero-order chi connectivity index (χ0) is 11.2. The van der Waals surface area contributed by atoms with E-state index in [0.717, 1.165) is 0 Å². The summed E-state index contributed by atoms with van der Waals surface area (Å²) in [7, 11) is 0. The van der Waals surface area contributed by atoms with Gasteiger partial charge >= 0.3 is 6.18 Å². The van der Waals surface area contributed by atoms with E-state index in [1.165, 1.54) is 0 Å². The SMILES string of the molecule is OC1(C(F)(F)F)COC2(CCNCC2)C1. The van der Waals surface area contributed by atoms with Gasteiger partial charge in [-0.25, -0.2) is 0 Å². The lowest BCUT2D eigenvalue weighted by molar-refractivity contribution is -0.257. The molecule has 2 fully saturated rings. The van der Waals surface area contributed by atoms with Crippen molar-refractivity contribution in [2.45, 2.75) is 36.6 Å². The highest BCUT2D eigenvalue weighted by atomic mass is 19.4. The van der Waals surface area contributed by atoms with Gasteiger partial charge in [0.2, 0.25) is 0 Å². The van der Waals surface area contributed by atoms with Crippen molar-refractivity contribution in [3.8, 4) is 0 Å². The molecule has 0 radical (unpaired) electrons. The maximum Gasteiger partial charge on any atom is 0.419 e. The summed E-state index contributed by atoms with van der Waals surface area (Å²) in [5, 5.41) is 12.5. The lowest BCUT2D eigenvalue weighted by atomic mass is 9.84. The molecule has 1 spiro atoms. The molecule has 2 aliphatic rings. The molecule has 0 aromatic rings. The average Bonchev–Trinajstić information content (AvgIpc) is 2.45. The molecule has 6 heteroatoms. The molecule has 0 saturated carbocycles. The monoisotopic (exact) mass is 225 g/mol. The topological polar surface area (TPSA) is 41.5 Å². The lowest BCUT2D eigenvalue weighted by Gasteiger charge is -2.33. The summed E-state index contributed by atoms with van der Waals surface area (Å²) < 4.78 is 42.8. The molecule has 1 unspecified atom stereocenters. The van der Waals surface area contributed by atoms with Crippen LogP contribution in [0, 0.1) is 0 Å². The van der Waals surface area contributed by atoms with Gasteiger partial charge in [-0.15, -0.1) is 0 Å². The van der Waals surface area contributed by atoms with E-state index in [2.05, 4.69) is 5.32 Å². The number of aliphatic hydroxyl groups is 1. The first-order valence-corrected chi connectivity index (χ1v) is 5.01. The average molecular weight is 225 g/mol. The second-order valence-electron chi connectivity index (χ2n) is 4.43. The van der Waals surface area contributed by atoms with Crippen LogP contribution in [0.2, 0.25) is 0 Å². The molecule has 3 nitrogen and oxygen atoms in total. The maximum atomic E-state index is 12.5. The standard InChI is InChI=1S/C9H14F3NO2/c10-9(11,12)8(14)5-7(15-6-8)1-3-13-4-2-7/h13-14H,1-6H2. The summed E-state index contributed by atoms with van der Waals surface area (Å²) in [6, 6.07) is 0. The van der Waals surface area contributed by atoms with Gasteiger partial charge < -0.3 is 15.2 Å². The van der Waals surface area contributed by atoms with Crippen LogP contribution in [-0.2, 0) is 4.74 Å². The molecular formula is C9H14F3NO2. The Kier molecular flexibility index (Phi) is 2.48. The fraction of sp³-hybridized carbons (Fsp3) is 1.00. The first-order valence-electron chi connectivity index (χ1n) is 5.01. The Morgan fingerprint density at radius 3 is 2.27 bits per heavy atom. The fourth-order valence-corrected chi connectivity index (χ4v) is 2.29. The molecule has 0 aliphatic carbocycles. The molecule has 2 aliphatic heterocycles. The van der Waals surface area contributed by atoms with Crippen LogP contribution in [-0.4, -0.2) is 42.2 Å². The minimum absolute atomic E-state index is 0.328. The van der Waals surface area contributed by atoms with Crippen molar-refractivity contribution in [3.63, 3.8) is 0 Å². The van der Waals surface area contributed by atoms with Crippen LogP contribution in [0.25, 0.3) is 0 Å². The van der Waals surface area contributed by atoms with Crippen molar-refractivity contribution in [3.05, 3.63) is 0 Å². The number of nitrogens with one attached hydrogen (secondary N) is 1. The van der Waals surface area contributed by atoms with Crippen LogP contribution in [0.4, 0.5) is 13.2 Å². The summed E-state index contributed by atoms with van der Waals surface area (Å²) >= 11 is 0. The highest BCUT2D eigenvalue weighted by Crippen LogP contribution is 2.46. The number of hydrogen-bond donors (Lipinski definition) is 2. The molecule has 0 aromatic carbocycles. The lowest BCUT2D eigenvalue weighted by Crippen LogP contribution is -2.48. The van der Waals surface area contributed by atoms with Crippen molar-refractivity contribution in [1.29, 1.82) is 0 Å². The highest BCUT2D eigenvalue weighted by Gasteiger charge is 2.62. The van der Waals surface area contributed by atoms with E-state index in [1.54, 1.807) is 0 Å². The first-order chi connectivity index (χ1) is 6.87.